The minimum Gasteiger partial charge on any atom is -0.497 e. The molecule has 92 valence electrons. The molecule has 0 saturated heterocycles. The van der Waals surface area contributed by atoms with Crippen molar-refractivity contribution in [1.29, 1.82) is 0 Å². The van der Waals surface area contributed by atoms with Gasteiger partial charge in [0.15, 0.2) is 0 Å². The molecule has 4 heteroatoms. The van der Waals surface area contributed by atoms with E-state index in [0.717, 1.165) is 12.8 Å². The lowest BCUT2D eigenvalue weighted by Crippen LogP contribution is -2.32. The van der Waals surface area contributed by atoms with Crippen LogP contribution in [0.25, 0.3) is 0 Å². The first-order chi connectivity index (χ1) is 8.19. The maximum atomic E-state index is 12.0. The Morgan fingerprint density at radius 3 is 2.71 bits per heavy atom. The van der Waals surface area contributed by atoms with Crippen LogP contribution in [0.15, 0.2) is 18.2 Å². The van der Waals surface area contributed by atoms with E-state index in [0.29, 0.717) is 23.0 Å². The van der Waals surface area contributed by atoms with Gasteiger partial charge in [-0.15, -0.1) is 0 Å². The number of amides is 1. The number of nitrogen functional groups attached to an aromatic ring is 1. The predicted octanol–water partition coefficient (Wildman–Crippen LogP) is 1.95. The van der Waals surface area contributed by atoms with E-state index in [1.807, 2.05) is 0 Å². The third-order valence-electron chi connectivity index (χ3n) is 3.12. The minimum atomic E-state index is -0.0671. The third-order valence-corrected chi connectivity index (χ3v) is 3.12. The largest absolute Gasteiger partial charge is 0.497 e. The molecule has 3 N–H and O–H groups in total. The Kier molecular flexibility index (Phi) is 3.52. The Balaban J connectivity index is 2.09. The van der Waals surface area contributed by atoms with Crippen molar-refractivity contribution in [3.8, 4) is 5.75 Å². The van der Waals surface area contributed by atoms with Crippen LogP contribution in [-0.4, -0.2) is 19.1 Å². The monoisotopic (exact) mass is 234 g/mol. The summed E-state index contributed by atoms with van der Waals surface area (Å²) >= 11 is 0. The van der Waals surface area contributed by atoms with Gasteiger partial charge in [0.05, 0.1) is 7.11 Å². The molecule has 0 radical (unpaired) electrons. The van der Waals surface area contributed by atoms with Crippen LogP contribution in [-0.2, 0) is 0 Å². The normalized spacial score (nSPS) is 15.8. The van der Waals surface area contributed by atoms with Gasteiger partial charge in [0.1, 0.15) is 5.75 Å². The van der Waals surface area contributed by atoms with E-state index >= 15 is 0 Å². The van der Waals surface area contributed by atoms with Crippen LogP contribution in [0.5, 0.6) is 5.75 Å². The highest BCUT2D eigenvalue weighted by atomic mass is 16.5. The van der Waals surface area contributed by atoms with Gasteiger partial charge in [-0.2, -0.15) is 0 Å². The van der Waals surface area contributed by atoms with E-state index in [4.69, 9.17) is 10.5 Å². The summed E-state index contributed by atoms with van der Waals surface area (Å²) in [6.45, 7) is 0. The van der Waals surface area contributed by atoms with Crippen molar-refractivity contribution < 1.29 is 9.53 Å². The smallest absolute Gasteiger partial charge is 0.251 e. The SMILES string of the molecule is COc1cc(N)cc(C(=O)NC2CCCC2)c1. The van der Waals surface area contributed by atoms with Crippen LogP contribution in [0.1, 0.15) is 36.0 Å². The molecular formula is C13H18N2O2. The van der Waals surface area contributed by atoms with Crippen molar-refractivity contribution in [3.05, 3.63) is 23.8 Å². The lowest BCUT2D eigenvalue weighted by molar-refractivity contribution is 0.0937. The molecule has 1 aliphatic carbocycles. The number of carbonyl (C=O) groups is 1. The van der Waals surface area contributed by atoms with E-state index in [2.05, 4.69) is 5.32 Å². The van der Waals surface area contributed by atoms with Gasteiger partial charge in [-0.3, -0.25) is 4.79 Å². The summed E-state index contributed by atoms with van der Waals surface area (Å²) in [7, 11) is 1.56. The highest BCUT2D eigenvalue weighted by Crippen LogP contribution is 2.21. The Labute approximate surface area is 101 Å². The molecule has 4 nitrogen and oxygen atoms in total. The highest BCUT2D eigenvalue weighted by Gasteiger charge is 2.18. The molecule has 1 aliphatic rings. The summed E-state index contributed by atoms with van der Waals surface area (Å²) in [6.07, 6.45) is 4.55. The quantitative estimate of drug-likeness (QED) is 0.786. The number of ether oxygens (including phenoxy) is 1. The van der Waals surface area contributed by atoms with Crippen molar-refractivity contribution in [2.75, 3.05) is 12.8 Å². The number of rotatable bonds is 3. The Bertz CT molecular complexity index is 412. The fourth-order valence-corrected chi connectivity index (χ4v) is 2.21. The van der Waals surface area contributed by atoms with Crippen molar-refractivity contribution in [1.82, 2.24) is 5.32 Å². The maximum absolute atomic E-state index is 12.0. The molecule has 0 heterocycles. The van der Waals surface area contributed by atoms with Gasteiger partial charge in [-0.25, -0.2) is 0 Å². The van der Waals surface area contributed by atoms with E-state index in [-0.39, 0.29) is 5.91 Å². The average molecular weight is 234 g/mol. The molecule has 0 aromatic heterocycles. The van der Waals surface area contributed by atoms with E-state index < -0.39 is 0 Å². The minimum absolute atomic E-state index is 0.0671. The van der Waals surface area contributed by atoms with Gasteiger partial charge in [-0.1, -0.05) is 12.8 Å². The molecule has 0 atom stereocenters. The van der Waals surface area contributed by atoms with Crippen LogP contribution in [0.2, 0.25) is 0 Å². The van der Waals surface area contributed by atoms with Gasteiger partial charge < -0.3 is 15.8 Å². The maximum Gasteiger partial charge on any atom is 0.251 e. The Hall–Kier alpha value is -1.71. The second kappa shape index (κ2) is 5.08. The van der Waals surface area contributed by atoms with Crippen LogP contribution in [0, 0.1) is 0 Å². The summed E-state index contributed by atoms with van der Waals surface area (Å²) in [5.41, 5.74) is 6.83. The number of nitrogens with two attached hydrogens (primary N) is 1. The number of anilines is 1. The number of benzene rings is 1. The standard InChI is InChI=1S/C13H18N2O2/c1-17-12-7-9(6-10(14)8-12)13(16)15-11-4-2-3-5-11/h6-8,11H,2-5,14H2,1H3,(H,15,16). The molecule has 1 saturated carbocycles. The lowest BCUT2D eigenvalue weighted by atomic mass is 10.1. The molecule has 1 aromatic carbocycles. The van der Waals surface area contributed by atoms with Gasteiger partial charge >= 0.3 is 0 Å². The molecule has 0 bridgehead atoms. The van der Waals surface area contributed by atoms with E-state index in [9.17, 15) is 4.79 Å². The van der Waals surface area contributed by atoms with Gasteiger partial charge in [-0.05, 0) is 25.0 Å². The molecule has 1 aromatic rings. The zero-order valence-corrected chi connectivity index (χ0v) is 10.0. The van der Waals surface area contributed by atoms with Crippen LogP contribution in [0.3, 0.4) is 0 Å². The fraction of sp³-hybridized carbons (Fsp3) is 0.462. The molecule has 0 aliphatic heterocycles. The first kappa shape index (κ1) is 11.8. The van der Waals surface area contributed by atoms with Gasteiger partial charge in [0.25, 0.3) is 5.91 Å². The van der Waals surface area contributed by atoms with Gasteiger partial charge in [0.2, 0.25) is 0 Å². The topological polar surface area (TPSA) is 64.3 Å². The molecular weight excluding hydrogens is 216 g/mol. The van der Waals surface area contributed by atoms with Crippen molar-refractivity contribution in [3.63, 3.8) is 0 Å². The van der Waals surface area contributed by atoms with Crippen LogP contribution >= 0.6 is 0 Å². The summed E-state index contributed by atoms with van der Waals surface area (Å²) in [5, 5.41) is 3.02. The summed E-state index contributed by atoms with van der Waals surface area (Å²) < 4.78 is 5.10. The molecule has 2 rings (SSSR count). The number of hydrogen-bond acceptors (Lipinski definition) is 3. The molecule has 1 amide bonds. The highest BCUT2D eigenvalue weighted by molar-refractivity contribution is 5.95. The van der Waals surface area contributed by atoms with E-state index in [1.165, 1.54) is 12.8 Å². The molecule has 0 unspecified atom stereocenters. The summed E-state index contributed by atoms with van der Waals surface area (Å²) in [5.74, 6) is 0.545. The fourth-order valence-electron chi connectivity index (χ4n) is 2.21. The number of methoxy groups -OCH3 is 1. The van der Waals surface area contributed by atoms with E-state index in [1.54, 1.807) is 25.3 Å². The van der Waals surface area contributed by atoms with Gasteiger partial charge in [0, 0.05) is 23.4 Å². The summed E-state index contributed by atoms with van der Waals surface area (Å²) in [4.78, 5) is 12.0. The van der Waals surface area contributed by atoms with Crippen molar-refractivity contribution >= 4 is 11.6 Å². The molecule has 17 heavy (non-hydrogen) atoms. The second-order valence-electron chi connectivity index (χ2n) is 4.45. The Morgan fingerprint density at radius 1 is 1.35 bits per heavy atom. The zero-order chi connectivity index (χ0) is 12.3. The average Bonchev–Trinajstić information content (AvgIpc) is 2.81. The lowest BCUT2D eigenvalue weighted by Gasteiger charge is -2.12. The predicted molar refractivity (Wildman–Crippen MR) is 67.1 cm³/mol. The van der Waals surface area contributed by atoms with Crippen LogP contribution in [0.4, 0.5) is 5.69 Å². The second-order valence-corrected chi connectivity index (χ2v) is 4.45. The van der Waals surface area contributed by atoms with Crippen molar-refractivity contribution in [2.24, 2.45) is 0 Å². The Morgan fingerprint density at radius 2 is 2.06 bits per heavy atom. The zero-order valence-electron chi connectivity index (χ0n) is 10.0. The first-order valence-corrected chi connectivity index (χ1v) is 5.94. The number of hydrogen-bond donors (Lipinski definition) is 2. The number of nitrogens with one attached hydrogen (secondary N) is 1. The first-order valence-electron chi connectivity index (χ1n) is 5.94. The van der Waals surface area contributed by atoms with Crippen LogP contribution < -0.4 is 15.8 Å². The van der Waals surface area contributed by atoms with Crippen molar-refractivity contribution in [2.45, 2.75) is 31.7 Å². The number of carbonyl (C=O) groups excluding carboxylic acids is 1. The molecule has 0 spiro atoms. The molecule has 1 fully saturated rings. The third kappa shape index (κ3) is 2.90. The summed E-state index contributed by atoms with van der Waals surface area (Å²) in [6, 6.07) is 5.40.